The summed E-state index contributed by atoms with van der Waals surface area (Å²) < 4.78 is 13.9. The number of carbonyl (C=O) groups excluding carboxylic acids is 2. The monoisotopic (exact) mass is 365 g/mol. The maximum atomic E-state index is 13.9. The first-order chi connectivity index (χ1) is 13.1. The van der Waals surface area contributed by atoms with E-state index in [1.54, 1.807) is 36.4 Å². The van der Waals surface area contributed by atoms with Crippen molar-refractivity contribution in [1.29, 1.82) is 0 Å². The van der Waals surface area contributed by atoms with Gasteiger partial charge in [-0.1, -0.05) is 18.2 Å². The number of H-pyrrole nitrogens is 1. The molecule has 27 heavy (non-hydrogen) atoms. The van der Waals surface area contributed by atoms with Crippen molar-refractivity contribution >= 4 is 28.4 Å². The van der Waals surface area contributed by atoms with Crippen LogP contribution in [0.3, 0.4) is 0 Å². The Balaban J connectivity index is 1.59. The molecule has 1 aliphatic heterocycles. The minimum atomic E-state index is -0.413. The van der Waals surface area contributed by atoms with Gasteiger partial charge in [-0.05, 0) is 49.6 Å². The van der Waals surface area contributed by atoms with Gasteiger partial charge in [0.15, 0.2) is 0 Å². The van der Waals surface area contributed by atoms with Gasteiger partial charge in [-0.3, -0.25) is 9.59 Å². The fraction of sp³-hybridized carbons (Fsp3) is 0.238. The van der Waals surface area contributed by atoms with Gasteiger partial charge in [-0.2, -0.15) is 0 Å². The number of halogens is 1. The Labute approximate surface area is 156 Å². The average Bonchev–Trinajstić information content (AvgIpc) is 3.15. The lowest BCUT2D eigenvalue weighted by Crippen LogP contribution is -2.36. The van der Waals surface area contributed by atoms with Crippen molar-refractivity contribution in [2.45, 2.75) is 19.3 Å². The highest BCUT2D eigenvalue weighted by molar-refractivity contribution is 6.09. The molecule has 0 atom stereocenters. The molecular weight excluding hydrogens is 345 g/mol. The highest BCUT2D eigenvalue weighted by Crippen LogP contribution is 2.22. The fourth-order valence-electron chi connectivity index (χ4n) is 3.48. The van der Waals surface area contributed by atoms with E-state index in [9.17, 15) is 14.0 Å². The molecule has 1 saturated heterocycles. The molecule has 0 radical (unpaired) electrons. The van der Waals surface area contributed by atoms with Gasteiger partial charge < -0.3 is 15.2 Å². The molecule has 6 heteroatoms. The largest absolute Gasteiger partial charge is 0.350 e. The molecule has 2 heterocycles. The van der Waals surface area contributed by atoms with Crippen LogP contribution in [0.1, 0.15) is 40.1 Å². The summed E-state index contributed by atoms with van der Waals surface area (Å²) in [6.45, 7) is 1.48. The van der Waals surface area contributed by atoms with Crippen LogP contribution >= 0.6 is 0 Å². The van der Waals surface area contributed by atoms with Crippen LogP contribution < -0.4 is 5.32 Å². The normalized spacial score (nSPS) is 14.3. The summed E-state index contributed by atoms with van der Waals surface area (Å²) in [4.78, 5) is 30.2. The zero-order valence-corrected chi connectivity index (χ0v) is 14.8. The Morgan fingerprint density at radius 2 is 1.78 bits per heavy atom. The Hall–Kier alpha value is -3.15. The molecule has 138 valence electrons. The van der Waals surface area contributed by atoms with Gasteiger partial charge in [-0.25, -0.2) is 4.39 Å². The fourth-order valence-corrected chi connectivity index (χ4v) is 3.48. The summed E-state index contributed by atoms with van der Waals surface area (Å²) in [5.74, 6) is -0.874. The van der Waals surface area contributed by atoms with Gasteiger partial charge in [-0.15, -0.1) is 0 Å². The van der Waals surface area contributed by atoms with E-state index in [4.69, 9.17) is 0 Å². The van der Waals surface area contributed by atoms with E-state index in [-0.39, 0.29) is 17.4 Å². The Morgan fingerprint density at radius 3 is 2.56 bits per heavy atom. The first-order valence-corrected chi connectivity index (χ1v) is 9.10. The molecule has 0 unspecified atom stereocenters. The van der Waals surface area contributed by atoms with Crippen LogP contribution in [0.5, 0.6) is 0 Å². The van der Waals surface area contributed by atoms with Crippen LogP contribution in [-0.4, -0.2) is 34.8 Å². The number of aromatic nitrogens is 1. The lowest BCUT2D eigenvalue weighted by molar-refractivity contribution is 0.0725. The minimum Gasteiger partial charge on any atom is -0.350 e. The predicted molar refractivity (Wildman–Crippen MR) is 102 cm³/mol. The van der Waals surface area contributed by atoms with Crippen LogP contribution in [0.15, 0.2) is 48.5 Å². The van der Waals surface area contributed by atoms with Gasteiger partial charge >= 0.3 is 0 Å². The second-order valence-corrected chi connectivity index (χ2v) is 6.74. The van der Waals surface area contributed by atoms with Gasteiger partial charge in [0.05, 0.1) is 11.3 Å². The quantitative estimate of drug-likeness (QED) is 0.731. The number of piperidine rings is 1. The number of anilines is 1. The third kappa shape index (κ3) is 3.43. The Bertz CT molecular complexity index is 1010. The molecule has 1 aromatic heterocycles. The summed E-state index contributed by atoms with van der Waals surface area (Å²) in [5, 5.41) is 3.15. The summed E-state index contributed by atoms with van der Waals surface area (Å²) in [7, 11) is 0. The van der Waals surface area contributed by atoms with E-state index < -0.39 is 5.91 Å². The number of nitrogens with one attached hydrogen (secondary N) is 2. The van der Waals surface area contributed by atoms with E-state index in [1.165, 1.54) is 12.1 Å². The van der Waals surface area contributed by atoms with Crippen LogP contribution in [0.2, 0.25) is 0 Å². The van der Waals surface area contributed by atoms with Crippen molar-refractivity contribution in [2.24, 2.45) is 0 Å². The summed E-state index contributed by atoms with van der Waals surface area (Å²) in [5.41, 5.74) is 1.72. The third-order valence-electron chi connectivity index (χ3n) is 4.90. The molecule has 1 aliphatic rings. The van der Waals surface area contributed by atoms with Crippen molar-refractivity contribution in [3.05, 3.63) is 65.6 Å². The van der Waals surface area contributed by atoms with Gasteiger partial charge in [0.1, 0.15) is 11.5 Å². The Kier molecular flexibility index (Phi) is 4.62. The van der Waals surface area contributed by atoms with E-state index in [0.717, 1.165) is 32.4 Å². The van der Waals surface area contributed by atoms with Gasteiger partial charge in [0.25, 0.3) is 11.8 Å². The molecule has 2 N–H and O–H groups in total. The number of benzene rings is 2. The lowest BCUT2D eigenvalue weighted by atomic mass is 10.1. The molecule has 0 saturated carbocycles. The smallest absolute Gasteiger partial charge is 0.272 e. The first kappa shape index (κ1) is 17.3. The van der Waals surface area contributed by atoms with E-state index >= 15 is 0 Å². The minimum absolute atomic E-state index is 0.0757. The van der Waals surface area contributed by atoms with Gasteiger partial charge in [0, 0.05) is 24.0 Å². The number of hydrogen-bond acceptors (Lipinski definition) is 2. The van der Waals surface area contributed by atoms with Crippen LogP contribution in [0.25, 0.3) is 10.9 Å². The summed E-state index contributed by atoms with van der Waals surface area (Å²) in [6.07, 6.45) is 3.14. The second-order valence-electron chi connectivity index (χ2n) is 6.74. The van der Waals surface area contributed by atoms with Gasteiger partial charge in [0.2, 0.25) is 0 Å². The summed E-state index contributed by atoms with van der Waals surface area (Å²) in [6, 6.07) is 13.1. The summed E-state index contributed by atoms with van der Waals surface area (Å²) >= 11 is 0. The second kappa shape index (κ2) is 7.23. The van der Waals surface area contributed by atoms with Crippen molar-refractivity contribution in [2.75, 3.05) is 18.4 Å². The van der Waals surface area contributed by atoms with E-state index in [0.29, 0.717) is 22.2 Å². The SMILES string of the molecule is O=C(Nc1ccccc1C(=O)N1CCCCC1)c1cc2c(F)cccc2[nH]1. The number of hydrogen-bond donors (Lipinski definition) is 2. The zero-order chi connectivity index (χ0) is 18.8. The maximum absolute atomic E-state index is 13.9. The number of rotatable bonds is 3. The van der Waals surface area contributed by atoms with Crippen molar-refractivity contribution in [3.63, 3.8) is 0 Å². The number of fused-ring (bicyclic) bond motifs is 1. The van der Waals surface area contributed by atoms with E-state index in [1.807, 2.05) is 4.90 Å². The zero-order valence-electron chi connectivity index (χ0n) is 14.8. The molecular formula is C21H20FN3O2. The number of carbonyl (C=O) groups is 2. The predicted octanol–water partition coefficient (Wildman–Crippen LogP) is 4.19. The first-order valence-electron chi connectivity index (χ1n) is 9.10. The highest BCUT2D eigenvalue weighted by atomic mass is 19.1. The van der Waals surface area contributed by atoms with Crippen LogP contribution in [-0.2, 0) is 0 Å². The molecule has 0 bridgehead atoms. The average molecular weight is 365 g/mol. The number of aromatic amines is 1. The number of nitrogens with zero attached hydrogens (tertiary/aromatic N) is 1. The number of amides is 2. The highest BCUT2D eigenvalue weighted by Gasteiger charge is 2.22. The number of likely N-dealkylation sites (tertiary alicyclic amines) is 1. The topological polar surface area (TPSA) is 65.2 Å². The number of para-hydroxylation sites is 1. The molecule has 3 aromatic rings. The molecule has 2 amide bonds. The Morgan fingerprint density at radius 1 is 1.00 bits per heavy atom. The third-order valence-corrected chi connectivity index (χ3v) is 4.90. The molecule has 4 rings (SSSR count). The van der Waals surface area contributed by atoms with Crippen molar-refractivity contribution < 1.29 is 14.0 Å². The maximum Gasteiger partial charge on any atom is 0.272 e. The standard InChI is InChI=1S/C21H20FN3O2/c22-16-8-6-10-18-15(16)13-19(23-18)20(26)24-17-9-3-2-7-14(17)21(27)25-11-4-1-5-12-25/h2-3,6-10,13,23H,1,4-5,11-12H2,(H,24,26). The molecule has 1 fully saturated rings. The molecule has 0 aliphatic carbocycles. The molecule has 5 nitrogen and oxygen atoms in total. The molecule has 2 aromatic carbocycles. The van der Waals surface area contributed by atoms with Crippen LogP contribution in [0.4, 0.5) is 10.1 Å². The van der Waals surface area contributed by atoms with E-state index in [2.05, 4.69) is 10.3 Å². The van der Waals surface area contributed by atoms with Crippen molar-refractivity contribution in [1.82, 2.24) is 9.88 Å². The molecule has 0 spiro atoms. The van der Waals surface area contributed by atoms with Crippen LogP contribution in [0, 0.1) is 5.82 Å². The van der Waals surface area contributed by atoms with Crippen molar-refractivity contribution in [3.8, 4) is 0 Å². The lowest BCUT2D eigenvalue weighted by Gasteiger charge is -2.27.